The fourth-order valence-corrected chi connectivity index (χ4v) is 24.8. The number of allylic oxidation sites excluding steroid dienone is 15. The van der Waals surface area contributed by atoms with Crippen molar-refractivity contribution >= 4 is 148 Å². The fraction of sp³-hybridized carbons (Fsp3) is 0. The fourth-order valence-electron chi connectivity index (χ4n) is 24.8. The highest BCUT2D eigenvalue weighted by molar-refractivity contribution is 6.44. The molecule has 0 atom stereocenters. The Kier molecular flexibility index (Phi) is 22.1. The largest absolute Gasteiger partial charge is 0.0622 e. The topological polar surface area (TPSA) is 0 Å². The van der Waals surface area contributed by atoms with Crippen LogP contribution in [0.3, 0.4) is 0 Å². The van der Waals surface area contributed by atoms with Gasteiger partial charge in [0.15, 0.2) is 0 Å². The zero-order valence-corrected chi connectivity index (χ0v) is 82.4. The number of hydrogen-bond acceptors (Lipinski definition) is 0. The summed E-state index contributed by atoms with van der Waals surface area (Å²) in [5, 5.41) is 15.2. The molecule has 696 valence electrons. The lowest BCUT2D eigenvalue weighted by Gasteiger charge is -2.20. The minimum Gasteiger partial charge on any atom is -0.0622 e. The van der Waals surface area contributed by atoms with Crippen LogP contribution in [-0.4, -0.2) is 0 Å². The van der Waals surface area contributed by atoms with Gasteiger partial charge in [-0.3, -0.25) is 0 Å². The number of benzene rings is 24. The van der Waals surface area contributed by atoms with E-state index in [2.05, 4.69) is 582 Å². The maximum atomic E-state index is 2.48. The van der Waals surface area contributed by atoms with E-state index in [-0.39, 0.29) is 0 Å². The summed E-state index contributed by atoms with van der Waals surface area (Å²) < 4.78 is 0. The Balaban J connectivity index is 0.000000109. The van der Waals surface area contributed by atoms with Crippen molar-refractivity contribution in [1.82, 2.24) is 0 Å². The Morgan fingerprint density at radius 3 is 0.647 bits per heavy atom. The lowest BCUT2D eigenvalue weighted by Crippen LogP contribution is -1.97. The maximum Gasteiger partial charge on any atom is -0.000116 e. The third kappa shape index (κ3) is 15.1. The molecule has 30 rings (SSSR count). The van der Waals surface area contributed by atoms with E-state index in [0.29, 0.717) is 0 Å². The number of hydrogen-bond donors (Lipinski definition) is 0. The monoisotopic (exact) mass is 1900 g/mol. The molecule has 0 aliphatic heterocycles. The van der Waals surface area contributed by atoms with Crippen molar-refractivity contribution < 1.29 is 0 Å². The lowest BCUT2D eigenvalue weighted by atomic mass is 9.83. The summed E-state index contributed by atoms with van der Waals surface area (Å²) in [4.78, 5) is 0. The second-order valence-corrected chi connectivity index (χ2v) is 39.5. The molecule has 0 N–H and O–H groups in total. The second kappa shape index (κ2) is 37.6. The first-order valence-corrected chi connectivity index (χ1v) is 52.1. The van der Waals surface area contributed by atoms with Crippen LogP contribution in [-0.2, 0) is 0 Å². The SMILES string of the molecule is c1ccc(C2=C(c3ccccc3)C(c3ccc(-c4ccccc4)cc3)=C3C2=C(c2ccccc2)c2cc(-c4ccccc4)c(-c4ccccc4)cc23)cc1.c1ccc(C2=C3C(=C(c4ccccc4)c4ccccc43)C(c3ccc4ccccc4c3)=C2c2ccc3ccccc3c2)cc1.c1ccc(C2=C3C(=C(c4ccccc4)c4ccccc43)C(c3cccc4c3ccc3ccccc34)=C2c2cccc3c2ccc2ccccc23)cc1. The molecule has 24 aromatic carbocycles. The molecule has 0 heterocycles. The zero-order valence-electron chi connectivity index (χ0n) is 82.4. The molecule has 0 aromatic heterocycles. The molecular weight excluding hydrogens is 1800 g/mol. The van der Waals surface area contributed by atoms with E-state index in [1.807, 2.05) is 0 Å². The predicted octanol–water partition coefficient (Wildman–Crippen LogP) is 39.0. The first-order valence-electron chi connectivity index (χ1n) is 52.1. The van der Waals surface area contributed by atoms with E-state index in [1.165, 1.54) is 298 Å². The molecule has 150 heavy (non-hydrogen) atoms. The number of rotatable bonds is 15. The molecular formula is C150H96. The van der Waals surface area contributed by atoms with Crippen LogP contribution >= 0.6 is 0 Å². The van der Waals surface area contributed by atoms with Gasteiger partial charge in [0.2, 0.25) is 0 Å². The van der Waals surface area contributed by atoms with Crippen LogP contribution in [0.2, 0.25) is 0 Å². The van der Waals surface area contributed by atoms with Crippen molar-refractivity contribution in [3.05, 3.63) is 699 Å². The second-order valence-electron chi connectivity index (χ2n) is 39.5. The van der Waals surface area contributed by atoms with E-state index in [0.717, 1.165) is 0 Å². The standard InChI is InChI=1S/C54H36.C52H32.C44H28/c1-7-19-37(20-8-1)38-31-33-44(34-32-38)51-50(42-27-15-5-16-28-42)52(43-29-17-6-18-30-43)54-49(41-25-13-4-14-26-41)47-35-45(39-21-9-2-10-22-39)46(36-48(47)53(51)54)40-23-11-3-12-24-40;1-3-17-35(18-4-1)47-45-23-11-12-24-46(45)50-48(36-19-5-2-6-20-36)49(43-27-13-25-39-37-21-9-7-15-33(37)29-31-41(39)43)51(52(47)50)44-28-14-26-40-38-22-10-8-16-34(38)30-32-42(40)44;1-3-15-31(16-4-1)39-37-21-11-12-22-38(37)43-40(32-17-5-2-6-18-32)41(35-25-23-29-13-7-9-19-33(29)27-35)42(44(39)43)36-26-24-30-14-8-10-20-34(30)28-36/h1-36H;1-32H;1-28H. The van der Waals surface area contributed by atoms with Gasteiger partial charge in [0, 0.05) is 0 Å². The van der Waals surface area contributed by atoms with Gasteiger partial charge in [-0.05, 0) is 323 Å². The quantitative estimate of drug-likeness (QED) is 0.0898. The first-order chi connectivity index (χ1) is 74.5. The van der Waals surface area contributed by atoms with E-state index >= 15 is 0 Å². The minimum absolute atomic E-state index is 1.21. The van der Waals surface area contributed by atoms with E-state index in [4.69, 9.17) is 0 Å². The van der Waals surface area contributed by atoms with Crippen molar-refractivity contribution in [2.75, 3.05) is 0 Å². The van der Waals surface area contributed by atoms with Crippen LogP contribution in [0, 0.1) is 0 Å². The molecule has 0 fully saturated rings. The highest BCUT2D eigenvalue weighted by atomic mass is 14.5. The van der Waals surface area contributed by atoms with Gasteiger partial charge >= 0.3 is 0 Å². The summed E-state index contributed by atoms with van der Waals surface area (Å²) in [6, 6.07) is 214. The van der Waals surface area contributed by atoms with E-state index < -0.39 is 0 Å². The summed E-state index contributed by atoms with van der Waals surface area (Å²) in [7, 11) is 0. The third-order valence-electron chi connectivity index (χ3n) is 31.2. The smallest absolute Gasteiger partial charge is 0.000116 e. The van der Waals surface area contributed by atoms with E-state index in [1.54, 1.807) is 0 Å². The zero-order chi connectivity index (χ0) is 99.1. The molecule has 0 radical (unpaired) electrons. The van der Waals surface area contributed by atoms with Gasteiger partial charge in [-0.1, -0.05) is 558 Å². The Labute approximate surface area is 874 Å². The van der Waals surface area contributed by atoms with Crippen molar-refractivity contribution in [3.8, 4) is 33.4 Å². The molecule has 0 saturated heterocycles. The minimum atomic E-state index is 1.21. The molecule has 0 spiro atoms. The third-order valence-corrected chi connectivity index (χ3v) is 31.2. The molecule has 0 nitrogen and oxygen atoms in total. The first kappa shape index (κ1) is 88.2. The molecule has 0 unspecified atom stereocenters. The van der Waals surface area contributed by atoms with E-state index in [9.17, 15) is 0 Å². The van der Waals surface area contributed by atoms with Crippen molar-refractivity contribution in [2.24, 2.45) is 0 Å². The van der Waals surface area contributed by atoms with Gasteiger partial charge in [-0.2, -0.15) is 0 Å². The van der Waals surface area contributed by atoms with Crippen molar-refractivity contribution in [3.63, 3.8) is 0 Å². The normalized spacial score (nSPS) is 13.8. The number of fused-ring (bicyclic) bond motifs is 17. The van der Waals surface area contributed by atoms with Crippen LogP contribution < -0.4 is 0 Å². The van der Waals surface area contributed by atoms with Gasteiger partial charge in [-0.15, -0.1) is 0 Å². The predicted molar refractivity (Wildman–Crippen MR) is 637 cm³/mol. The summed E-state index contributed by atoms with van der Waals surface area (Å²) in [5.41, 5.74) is 53.2. The summed E-state index contributed by atoms with van der Waals surface area (Å²) in [6.45, 7) is 0. The molecule has 6 aliphatic carbocycles. The van der Waals surface area contributed by atoms with Gasteiger partial charge in [0.05, 0.1) is 0 Å². The summed E-state index contributed by atoms with van der Waals surface area (Å²) in [5.74, 6) is 0. The Bertz CT molecular complexity index is 9900. The van der Waals surface area contributed by atoms with Crippen molar-refractivity contribution in [2.45, 2.75) is 0 Å². The Hall–Kier alpha value is -19.5. The highest BCUT2D eigenvalue weighted by Crippen LogP contribution is 2.67. The van der Waals surface area contributed by atoms with Gasteiger partial charge in [0.25, 0.3) is 0 Å². The van der Waals surface area contributed by atoms with Crippen molar-refractivity contribution in [1.29, 1.82) is 0 Å². The van der Waals surface area contributed by atoms with Gasteiger partial charge in [-0.25, -0.2) is 0 Å². The van der Waals surface area contributed by atoms with Crippen LogP contribution in [0.4, 0.5) is 0 Å². The summed E-state index contributed by atoms with van der Waals surface area (Å²) >= 11 is 0. The molecule has 6 aliphatic rings. The Morgan fingerprint density at radius 2 is 0.267 bits per heavy atom. The molecule has 0 saturated carbocycles. The average molecular weight is 1900 g/mol. The molecule has 0 heteroatoms. The molecule has 0 bridgehead atoms. The molecule has 0 amide bonds. The lowest BCUT2D eigenvalue weighted by molar-refractivity contribution is 1.51. The van der Waals surface area contributed by atoms with Crippen LogP contribution in [0.5, 0.6) is 0 Å². The average Bonchev–Trinajstić information content (AvgIpc) is 1.53. The van der Waals surface area contributed by atoms with Crippen LogP contribution in [0.25, 0.3) is 182 Å². The van der Waals surface area contributed by atoms with Crippen LogP contribution in [0.15, 0.2) is 599 Å². The van der Waals surface area contributed by atoms with Gasteiger partial charge < -0.3 is 0 Å². The maximum absolute atomic E-state index is 2.48. The highest BCUT2D eigenvalue weighted by Gasteiger charge is 2.45. The van der Waals surface area contributed by atoms with Gasteiger partial charge in [0.1, 0.15) is 0 Å². The van der Waals surface area contributed by atoms with Crippen LogP contribution in [0.1, 0.15) is 100 Å². The molecule has 24 aromatic rings. The summed E-state index contributed by atoms with van der Waals surface area (Å²) in [6.07, 6.45) is 0. The Morgan fingerprint density at radius 1 is 0.0667 bits per heavy atom.